The number of carbonyl (C=O) groups excluding carboxylic acids is 2. The second-order valence-corrected chi connectivity index (χ2v) is 6.09. The van der Waals surface area contributed by atoms with Gasteiger partial charge < -0.3 is 14.4 Å². The van der Waals surface area contributed by atoms with Crippen molar-refractivity contribution in [2.45, 2.75) is 19.4 Å². The van der Waals surface area contributed by atoms with Crippen LogP contribution < -0.4 is 0 Å². The summed E-state index contributed by atoms with van der Waals surface area (Å²) in [7, 11) is 1.43. The van der Waals surface area contributed by atoms with Gasteiger partial charge in [-0.1, -0.05) is 30.3 Å². The molecule has 1 unspecified atom stereocenters. The van der Waals surface area contributed by atoms with Gasteiger partial charge in [-0.05, 0) is 30.2 Å². The number of rotatable bonds is 3. The molecule has 0 spiro atoms. The third-order valence-corrected chi connectivity index (χ3v) is 4.77. The van der Waals surface area contributed by atoms with Crippen LogP contribution in [0.3, 0.4) is 0 Å². The second kappa shape index (κ2) is 6.38. The topological polar surface area (TPSA) is 55.8 Å². The molecule has 1 aliphatic heterocycles. The maximum atomic E-state index is 12.2. The van der Waals surface area contributed by atoms with E-state index in [1.54, 1.807) is 4.90 Å². The number of amides is 1. The summed E-state index contributed by atoms with van der Waals surface area (Å²) in [5.41, 5.74) is 0.975. The van der Waals surface area contributed by atoms with Gasteiger partial charge in [-0.25, -0.2) is 4.79 Å². The third kappa shape index (κ3) is 2.93. The van der Waals surface area contributed by atoms with Gasteiger partial charge in [0.05, 0.1) is 13.0 Å². The van der Waals surface area contributed by atoms with Crippen LogP contribution in [0.2, 0.25) is 0 Å². The number of nitrogens with zero attached hydrogens (tertiary/aromatic N) is 1. The first-order valence-electron chi connectivity index (χ1n) is 7.72. The lowest BCUT2D eigenvalue weighted by molar-refractivity contribution is -0.150. The van der Waals surface area contributed by atoms with Crippen LogP contribution in [-0.2, 0) is 20.9 Å². The Hall–Kier alpha value is -2.04. The molecule has 2 aliphatic rings. The molecule has 1 heterocycles. The van der Waals surface area contributed by atoms with Gasteiger partial charge in [0.15, 0.2) is 0 Å². The summed E-state index contributed by atoms with van der Waals surface area (Å²) in [6.07, 6.45) is 1.67. The van der Waals surface area contributed by atoms with E-state index in [0.29, 0.717) is 13.1 Å². The second-order valence-electron chi connectivity index (χ2n) is 6.09. The van der Waals surface area contributed by atoms with Crippen molar-refractivity contribution in [2.24, 2.45) is 17.8 Å². The van der Waals surface area contributed by atoms with Gasteiger partial charge >= 0.3 is 12.1 Å². The van der Waals surface area contributed by atoms with E-state index in [9.17, 15) is 9.59 Å². The summed E-state index contributed by atoms with van der Waals surface area (Å²) in [6.45, 7) is 1.46. The molecule has 1 amide bonds. The maximum absolute atomic E-state index is 12.2. The normalized spacial score (nSPS) is 26.6. The lowest BCUT2D eigenvalue weighted by Crippen LogP contribution is -2.47. The lowest BCUT2D eigenvalue weighted by Gasteiger charge is -2.35. The van der Waals surface area contributed by atoms with Gasteiger partial charge in [0.2, 0.25) is 0 Å². The Bertz CT molecular complexity index is 531. The molecule has 0 N–H and O–H groups in total. The quantitative estimate of drug-likeness (QED) is 0.805. The summed E-state index contributed by atoms with van der Waals surface area (Å²) >= 11 is 0. The van der Waals surface area contributed by atoms with E-state index in [0.717, 1.165) is 18.4 Å². The standard InChI is InChI=1S/C17H21NO4/c1-21-16(19)15-13-7-8-14(15)10-18(9-13)17(20)22-11-12-5-3-2-4-6-12/h2-6,13-15H,7-11H2,1H3/t13-,14+,15?. The molecule has 5 heteroatoms. The third-order valence-electron chi connectivity index (χ3n) is 4.77. The van der Waals surface area contributed by atoms with E-state index in [4.69, 9.17) is 9.47 Å². The number of methoxy groups -OCH3 is 1. The van der Waals surface area contributed by atoms with Gasteiger partial charge in [0, 0.05) is 13.1 Å². The van der Waals surface area contributed by atoms with E-state index in [-0.39, 0.29) is 36.4 Å². The Morgan fingerprint density at radius 2 is 1.77 bits per heavy atom. The highest BCUT2D eigenvalue weighted by Crippen LogP contribution is 2.42. The predicted molar refractivity (Wildman–Crippen MR) is 79.9 cm³/mol. The Kier molecular flexibility index (Phi) is 4.32. The van der Waals surface area contributed by atoms with Crippen LogP contribution in [0.15, 0.2) is 30.3 Å². The molecule has 1 aromatic rings. The zero-order chi connectivity index (χ0) is 15.5. The van der Waals surface area contributed by atoms with Crippen molar-refractivity contribution in [1.82, 2.24) is 4.90 Å². The van der Waals surface area contributed by atoms with Crippen molar-refractivity contribution in [3.8, 4) is 0 Å². The van der Waals surface area contributed by atoms with Crippen molar-refractivity contribution >= 4 is 12.1 Å². The Morgan fingerprint density at radius 3 is 2.36 bits per heavy atom. The Labute approximate surface area is 130 Å². The first-order valence-corrected chi connectivity index (χ1v) is 7.72. The van der Waals surface area contributed by atoms with Gasteiger partial charge in [-0.15, -0.1) is 0 Å². The fourth-order valence-corrected chi connectivity index (χ4v) is 3.70. The number of likely N-dealkylation sites (tertiary alicyclic amines) is 1. The largest absolute Gasteiger partial charge is 0.469 e. The van der Waals surface area contributed by atoms with E-state index in [2.05, 4.69) is 0 Å². The maximum Gasteiger partial charge on any atom is 0.410 e. The molecule has 0 radical (unpaired) electrons. The zero-order valence-electron chi connectivity index (χ0n) is 12.7. The van der Waals surface area contributed by atoms with Crippen LogP contribution in [0.5, 0.6) is 0 Å². The number of hydrogen-bond donors (Lipinski definition) is 0. The SMILES string of the molecule is COC(=O)C1[C@@H]2CC[C@H]1CN(C(=O)OCc1ccccc1)C2. The number of esters is 1. The molecule has 1 aromatic carbocycles. The van der Waals surface area contributed by atoms with Gasteiger partial charge in [-0.3, -0.25) is 4.79 Å². The van der Waals surface area contributed by atoms with Crippen molar-refractivity contribution in [3.63, 3.8) is 0 Å². The summed E-state index contributed by atoms with van der Waals surface area (Å²) in [5, 5.41) is 0. The van der Waals surface area contributed by atoms with Crippen LogP contribution >= 0.6 is 0 Å². The number of piperidine rings is 1. The monoisotopic (exact) mass is 303 g/mol. The van der Waals surface area contributed by atoms with Crippen LogP contribution in [-0.4, -0.2) is 37.2 Å². The van der Waals surface area contributed by atoms with Crippen molar-refractivity contribution in [2.75, 3.05) is 20.2 Å². The molecule has 118 valence electrons. The molecule has 5 nitrogen and oxygen atoms in total. The van der Waals surface area contributed by atoms with E-state index in [1.165, 1.54) is 7.11 Å². The highest BCUT2D eigenvalue weighted by atomic mass is 16.6. The minimum absolute atomic E-state index is 0.0526. The number of benzene rings is 1. The van der Waals surface area contributed by atoms with Gasteiger partial charge in [-0.2, -0.15) is 0 Å². The van der Waals surface area contributed by atoms with E-state index < -0.39 is 0 Å². The first kappa shape index (κ1) is 14.9. The molecule has 2 fully saturated rings. The highest BCUT2D eigenvalue weighted by Gasteiger charge is 2.47. The molecule has 1 aliphatic carbocycles. The minimum atomic E-state index is -0.288. The molecular weight excluding hydrogens is 282 g/mol. The molecule has 1 saturated heterocycles. The molecule has 3 rings (SSSR count). The fraction of sp³-hybridized carbons (Fsp3) is 0.529. The number of hydrogen-bond acceptors (Lipinski definition) is 4. The Morgan fingerprint density at radius 1 is 1.14 bits per heavy atom. The predicted octanol–water partition coefficient (Wildman–Crippen LogP) is 2.45. The highest BCUT2D eigenvalue weighted by molar-refractivity contribution is 5.75. The number of fused-ring (bicyclic) bond motifs is 2. The van der Waals surface area contributed by atoms with Gasteiger partial charge in [0.1, 0.15) is 6.61 Å². The molecule has 1 saturated carbocycles. The summed E-state index contributed by atoms with van der Waals surface area (Å²) in [4.78, 5) is 25.8. The van der Waals surface area contributed by atoms with Crippen LogP contribution in [0.25, 0.3) is 0 Å². The fourth-order valence-electron chi connectivity index (χ4n) is 3.70. The number of ether oxygens (including phenoxy) is 2. The average molecular weight is 303 g/mol. The van der Waals surface area contributed by atoms with Crippen molar-refractivity contribution in [1.29, 1.82) is 0 Å². The van der Waals surface area contributed by atoms with Crippen molar-refractivity contribution in [3.05, 3.63) is 35.9 Å². The molecule has 2 bridgehead atoms. The zero-order valence-corrected chi connectivity index (χ0v) is 12.7. The smallest absolute Gasteiger partial charge is 0.410 e. The average Bonchev–Trinajstić information content (AvgIpc) is 2.82. The number of carbonyl (C=O) groups is 2. The summed E-state index contributed by atoms with van der Waals surface area (Å²) in [6, 6.07) is 9.64. The molecule has 0 aromatic heterocycles. The van der Waals surface area contributed by atoms with Crippen molar-refractivity contribution < 1.29 is 19.1 Å². The van der Waals surface area contributed by atoms with Crippen LogP contribution in [0.1, 0.15) is 18.4 Å². The van der Waals surface area contributed by atoms with Crippen LogP contribution in [0.4, 0.5) is 4.79 Å². The van der Waals surface area contributed by atoms with E-state index >= 15 is 0 Å². The molecular formula is C17H21NO4. The molecule has 3 atom stereocenters. The summed E-state index contributed by atoms with van der Waals surface area (Å²) in [5.74, 6) is 0.221. The molecule has 22 heavy (non-hydrogen) atoms. The first-order chi connectivity index (χ1) is 10.7. The van der Waals surface area contributed by atoms with Gasteiger partial charge in [0.25, 0.3) is 0 Å². The Balaban J connectivity index is 1.56. The lowest BCUT2D eigenvalue weighted by atomic mass is 9.85. The minimum Gasteiger partial charge on any atom is -0.469 e. The van der Waals surface area contributed by atoms with E-state index in [1.807, 2.05) is 30.3 Å². The van der Waals surface area contributed by atoms with Crippen LogP contribution in [0, 0.1) is 17.8 Å². The summed E-state index contributed by atoms with van der Waals surface area (Å²) < 4.78 is 10.3.